The molecule has 0 aliphatic heterocycles. The van der Waals surface area contributed by atoms with Crippen molar-refractivity contribution in [1.29, 1.82) is 0 Å². The van der Waals surface area contributed by atoms with Gasteiger partial charge in [0.15, 0.2) is 0 Å². The van der Waals surface area contributed by atoms with Gasteiger partial charge in [-0.15, -0.1) is 0 Å². The Labute approximate surface area is 95.7 Å². The highest BCUT2D eigenvalue weighted by atomic mass is 15.2. The van der Waals surface area contributed by atoms with Crippen molar-refractivity contribution in [3.05, 3.63) is 42.1 Å². The van der Waals surface area contributed by atoms with Crippen molar-refractivity contribution in [2.45, 2.75) is 25.8 Å². The Morgan fingerprint density at radius 2 is 2.25 bits per heavy atom. The summed E-state index contributed by atoms with van der Waals surface area (Å²) in [5.41, 5.74) is 5.08. The van der Waals surface area contributed by atoms with Gasteiger partial charge in [0.1, 0.15) is 0 Å². The lowest BCUT2D eigenvalue weighted by Gasteiger charge is -2.15. The van der Waals surface area contributed by atoms with Gasteiger partial charge in [-0.25, -0.2) is 0 Å². The molecule has 0 aliphatic carbocycles. The monoisotopic (exact) mass is 215 g/mol. The quantitative estimate of drug-likeness (QED) is 0.608. The number of nitrogens with zero attached hydrogens (tertiary/aromatic N) is 1. The van der Waals surface area contributed by atoms with E-state index in [-0.39, 0.29) is 6.04 Å². The molecule has 1 unspecified atom stereocenters. The van der Waals surface area contributed by atoms with Crippen LogP contribution >= 0.6 is 0 Å². The second-order valence-electron chi connectivity index (χ2n) is 3.96. The summed E-state index contributed by atoms with van der Waals surface area (Å²) in [7, 11) is 0. The van der Waals surface area contributed by atoms with Crippen LogP contribution in [0.2, 0.25) is 0 Å². The fourth-order valence-corrected chi connectivity index (χ4v) is 1.94. The molecule has 0 fully saturated rings. The number of fused-ring (bicyclic) bond motifs is 1. The largest absolute Gasteiger partial charge is 0.271 e. The SMILES string of the molecule is CCCC(NN)c1ccc2cccnc2c1. The third kappa shape index (κ3) is 2.21. The average molecular weight is 215 g/mol. The zero-order valence-electron chi connectivity index (χ0n) is 9.48. The molecule has 3 N–H and O–H groups in total. The van der Waals surface area contributed by atoms with Crippen LogP contribution in [0.3, 0.4) is 0 Å². The minimum absolute atomic E-state index is 0.219. The van der Waals surface area contributed by atoms with E-state index in [0.717, 1.165) is 18.4 Å². The number of hydrazine groups is 1. The summed E-state index contributed by atoms with van der Waals surface area (Å²) >= 11 is 0. The summed E-state index contributed by atoms with van der Waals surface area (Å²) in [6, 6.07) is 10.6. The number of aromatic nitrogens is 1. The molecule has 0 bridgehead atoms. The molecule has 0 aliphatic rings. The zero-order chi connectivity index (χ0) is 11.4. The van der Waals surface area contributed by atoms with E-state index in [0.29, 0.717) is 0 Å². The first-order valence-electron chi connectivity index (χ1n) is 5.66. The van der Waals surface area contributed by atoms with Crippen LogP contribution in [0.15, 0.2) is 36.5 Å². The van der Waals surface area contributed by atoms with Crippen LogP contribution in [0, 0.1) is 0 Å². The number of hydrogen-bond donors (Lipinski definition) is 2. The summed E-state index contributed by atoms with van der Waals surface area (Å²) in [6.45, 7) is 2.16. The number of rotatable bonds is 4. The number of benzene rings is 1. The van der Waals surface area contributed by atoms with Gasteiger partial charge in [-0.05, 0) is 24.1 Å². The molecule has 0 radical (unpaired) electrons. The van der Waals surface area contributed by atoms with Crippen molar-refractivity contribution < 1.29 is 0 Å². The molecule has 16 heavy (non-hydrogen) atoms. The van der Waals surface area contributed by atoms with Crippen molar-refractivity contribution in [2.75, 3.05) is 0 Å². The van der Waals surface area contributed by atoms with E-state index < -0.39 is 0 Å². The van der Waals surface area contributed by atoms with E-state index in [1.54, 1.807) is 0 Å². The second-order valence-corrected chi connectivity index (χ2v) is 3.96. The van der Waals surface area contributed by atoms with E-state index in [1.165, 1.54) is 10.9 Å². The molecule has 0 saturated carbocycles. The van der Waals surface area contributed by atoms with Gasteiger partial charge < -0.3 is 0 Å². The zero-order valence-corrected chi connectivity index (χ0v) is 9.48. The van der Waals surface area contributed by atoms with Crippen molar-refractivity contribution in [1.82, 2.24) is 10.4 Å². The Morgan fingerprint density at radius 1 is 1.38 bits per heavy atom. The van der Waals surface area contributed by atoms with Crippen LogP contribution in [0.1, 0.15) is 31.4 Å². The predicted octanol–water partition coefficient (Wildman–Crippen LogP) is 2.54. The summed E-state index contributed by atoms with van der Waals surface area (Å²) < 4.78 is 0. The molecule has 1 atom stereocenters. The topological polar surface area (TPSA) is 50.9 Å². The predicted molar refractivity (Wildman–Crippen MR) is 66.7 cm³/mol. The average Bonchev–Trinajstić information content (AvgIpc) is 2.35. The minimum atomic E-state index is 0.219. The van der Waals surface area contributed by atoms with Gasteiger partial charge in [-0.2, -0.15) is 0 Å². The van der Waals surface area contributed by atoms with Gasteiger partial charge >= 0.3 is 0 Å². The molecular formula is C13H17N3. The molecule has 1 aromatic carbocycles. The lowest BCUT2D eigenvalue weighted by atomic mass is 10.0. The van der Waals surface area contributed by atoms with Gasteiger partial charge in [-0.3, -0.25) is 16.3 Å². The minimum Gasteiger partial charge on any atom is -0.271 e. The first kappa shape index (κ1) is 11.0. The molecular weight excluding hydrogens is 198 g/mol. The normalized spacial score (nSPS) is 12.9. The van der Waals surface area contributed by atoms with Gasteiger partial charge in [0.2, 0.25) is 0 Å². The van der Waals surface area contributed by atoms with E-state index in [9.17, 15) is 0 Å². The molecule has 0 spiro atoms. The molecule has 84 valence electrons. The standard InChI is InChI=1S/C13H17N3/c1-2-4-12(16-14)11-7-6-10-5-3-8-15-13(10)9-11/h3,5-9,12,16H,2,4,14H2,1H3. The number of pyridine rings is 1. The number of hydrogen-bond acceptors (Lipinski definition) is 3. The Hall–Kier alpha value is -1.45. The summed E-state index contributed by atoms with van der Waals surface area (Å²) in [6.07, 6.45) is 3.96. The molecule has 1 heterocycles. The maximum atomic E-state index is 5.56. The van der Waals surface area contributed by atoms with Crippen LogP contribution in [-0.4, -0.2) is 4.98 Å². The van der Waals surface area contributed by atoms with Crippen LogP contribution in [0.4, 0.5) is 0 Å². The third-order valence-corrected chi connectivity index (χ3v) is 2.81. The fraction of sp³-hybridized carbons (Fsp3) is 0.308. The molecule has 1 aromatic heterocycles. The molecule has 3 heteroatoms. The summed E-state index contributed by atoms with van der Waals surface area (Å²) in [5.74, 6) is 5.56. The van der Waals surface area contributed by atoms with Gasteiger partial charge in [0.05, 0.1) is 5.52 Å². The maximum Gasteiger partial charge on any atom is 0.0705 e. The first-order chi connectivity index (χ1) is 7.85. The lowest BCUT2D eigenvalue weighted by molar-refractivity contribution is 0.510. The van der Waals surface area contributed by atoms with Crippen molar-refractivity contribution >= 4 is 10.9 Å². The third-order valence-electron chi connectivity index (χ3n) is 2.81. The highest BCUT2D eigenvalue weighted by Gasteiger charge is 2.08. The lowest BCUT2D eigenvalue weighted by Crippen LogP contribution is -2.27. The smallest absolute Gasteiger partial charge is 0.0705 e. The van der Waals surface area contributed by atoms with E-state index in [4.69, 9.17) is 5.84 Å². The van der Waals surface area contributed by atoms with Gasteiger partial charge in [-0.1, -0.05) is 31.5 Å². The van der Waals surface area contributed by atoms with Crippen LogP contribution < -0.4 is 11.3 Å². The Balaban J connectivity index is 2.37. The van der Waals surface area contributed by atoms with Crippen LogP contribution in [0.25, 0.3) is 10.9 Å². The van der Waals surface area contributed by atoms with Crippen LogP contribution in [-0.2, 0) is 0 Å². The van der Waals surface area contributed by atoms with Crippen molar-refractivity contribution in [3.8, 4) is 0 Å². The maximum absolute atomic E-state index is 5.56. The Kier molecular flexibility index (Phi) is 3.49. The van der Waals surface area contributed by atoms with E-state index in [1.807, 2.05) is 12.3 Å². The van der Waals surface area contributed by atoms with Gasteiger partial charge in [0.25, 0.3) is 0 Å². The van der Waals surface area contributed by atoms with Gasteiger partial charge in [0, 0.05) is 17.6 Å². The fourth-order valence-electron chi connectivity index (χ4n) is 1.94. The number of nitrogens with one attached hydrogen (secondary N) is 1. The molecule has 0 amide bonds. The van der Waals surface area contributed by atoms with E-state index >= 15 is 0 Å². The highest BCUT2D eigenvalue weighted by Crippen LogP contribution is 2.21. The van der Waals surface area contributed by atoms with E-state index in [2.05, 4.69) is 41.6 Å². The van der Waals surface area contributed by atoms with Crippen molar-refractivity contribution in [3.63, 3.8) is 0 Å². The molecule has 2 aromatic rings. The summed E-state index contributed by atoms with van der Waals surface area (Å²) in [5, 5.41) is 1.17. The molecule has 2 rings (SSSR count). The molecule has 3 nitrogen and oxygen atoms in total. The van der Waals surface area contributed by atoms with Crippen LogP contribution in [0.5, 0.6) is 0 Å². The molecule has 0 saturated heterocycles. The second kappa shape index (κ2) is 5.05. The Bertz CT molecular complexity index is 467. The Morgan fingerprint density at radius 3 is 3.00 bits per heavy atom. The van der Waals surface area contributed by atoms with Crippen molar-refractivity contribution in [2.24, 2.45) is 5.84 Å². The number of nitrogens with two attached hydrogens (primary N) is 1. The first-order valence-corrected chi connectivity index (χ1v) is 5.66. The highest BCUT2D eigenvalue weighted by molar-refractivity contribution is 5.78. The summed E-state index contributed by atoms with van der Waals surface area (Å²) in [4.78, 5) is 4.35.